The van der Waals surface area contributed by atoms with Gasteiger partial charge in [-0.1, -0.05) is 42.5 Å². The molecule has 0 saturated heterocycles. The second kappa shape index (κ2) is 10.7. The highest BCUT2D eigenvalue weighted by Gasteiger charge is 2.27. The second-order valence-corrected chi connectivity index (χ2v) is 10.7. The number of aryl methyl sites for hydroxylation is 1. The van der Waals surface area contributed by atoms with Crippen LogP contribution in [-0.4, -0.2) is 48.3 Å². The fourth-order valence-electron chi connectivity index (χ4n) is 4.24. The number of hydrogen-bond acceptors (Lipinski definition) is 7. The van der Waals surface area contributed by atoms with Gasteiger partial charge in [0.15, 0.2) is 11.6 Å². The molecule has 13 heteroatoms. The maximum atomic E-state index is 13.3. The molecule has 2 aromatic carbocycles. The maximum absolute atomic E-state index is 13.3. The summed E-state index contributed by atoms with van der Waals surface area (Å²) < 4.78 is 2.25. The molecule has 3 amide bonds. The van der Waals surface area contributed by atoms with Gasteiger partial charge in [0.05, 0.1) is 27.1 Å². The lowest BCUT2D eigenvalue weighted by Gasteiger charge is -2.26. The lowest BCUT2D eigenvalue weighted by Crippen LogP contribution is -2.40. The summed E-state index contributed by atoms with van der Waals surface area (Å²) >= 11 is 0.941. The van der Waals surface area contributed by atoms with Crippen LogP contribution in [0.5, 0.6) is 0 Å². The fourth-order valence-corrected chi connectivity index (χ4v) is 5.24. The fraction of sp³-hybridized carbons (Fsp3) is 0.143. The number of benzene rings is 2. The van der Waals surface area contributed by atoms with E-state index in [-0.39, 0.29) is 38.0 Å². The van der Waals surface area contributed by atoms with E-state index in [0.717, 1.165) is 16.9 Å². The Labute approximate surface area is 237 Å². The minimum Gasteiger partial charge on any atom is -0.463 e. The number of para-hydroxylation sites is 1. The number of fused-ring (bicyclic) bond motifs is 1. The van der Waals surface area contributed by atoms with E-state index in [1.807, 2.05) is 44.2 Å². The lowest BCUT2D eigenvalue weighted by molar-refractivity contribution is 0.0915. The van der Waals surface area contributed by atoms with Crippen molar-refractivity contribution in [3.63, 3.8) is 0 Å². The SMILES string of the molecule is Cn1ccnc1C(=O)Nc1ccccc1C(=O)Nc1nn(C(=O)O)c2sc(C(=O)NC(C)(C)c3ccccc3)cc12. The molecule has 5 rings (SSSR count). The van der Waals surface area contributed by atoms with Crippen LogP contribution in [0, 0.1) is 0 Å². The number of nitrogens with one attached hydrogen (secondary N) is 3. The van der Waals surface area contributed by atoms with Gasteiger partial charge in [-0.05, 0) is 37.6 Å². The number of carboxylic acid groups (broad SMARTS) is 1. The van der Waals surface area contributed by atoms with Gasteiger partial charge in [0.1, 0.15) is 4.83 Å². The topological polar surface area (TPSA) is 160 Å². The van der Waals surface area contributed by atoms with Gasteiger partial charge >= 0.3 is 6.09 Å². The van der Waals surface area contributed by atoms with Crippen molar-refractivity contribution < 1.29 is 24.3 Å². The molecule has 0 bridgehead atoms. The first-order valence-electron chi connectivity index (χ1n) is 12.4. The summed E-state index contributed by atoms with van der Waals surface area (Å²) in [6.07, 6.45) is 1.72. The number of carbonyl (C=O) groups is 4. The van der Waals surface area contributed by atoms with Crippen molar-refractivity contribution in [3.8, 4) is 0 Å². The molecule has 0 saturated carbocycles. The summed E-state index contributed by atoms with van der Waals surface area (Å²) in [5.41, 5.74) is 0.534. The number of aromatic nitrogens is 4. The molecule has 5 aromatic rings. The molecule has 3 aromatic heterocycles. The highest BCUT2D eigenvalue weighted by molar-refractivity contribution is 7.20. The van der Waals surface area contributed by atoms with E-state index in [0.29, 0.717) is 4.68 Å². The average molecular weight is 572 g/mol. The van der Waals surface area contributed by atoms with Gasteiger partial charge < -0.3 is 25.6 Å². The van der Waals surface area contributed by atoms with Gasteiger partial charge in [0.25, 0.3) is 17.7 Å². The van der Waals surface area contributed by atoms with Crippen LogP contribution in [0.15, 0.2) is 73.1 Å². The van der Waals surface area contributed by atoms with Gasteiger partial charge in [0, 0.05) is 19.4 Å². The van der Waals surface area contributed by atoms with E-state index < -0.39 is 29.4 Å². The van der Waals surface area contributed by atoms with E-state index in [1.165, 1.54) is 18.3 Å². The number of carbonyl (C=O) groups excluding carboxylic acids is 3. The molecule has 4 N–H and O–H groups in total. The average Bonchev–Trinajstić information content (AvgIpc) is 3.65. The molecule has 0 unspecified atom stereocenters. The van der Waals surface area contributed by atoms with Crippen molar-refractivity contribution in [2.45, 2.75) is 19.4 Å². The highest BCUT2D eigenvalue weighted by atomic mass is 32.1. The first-order valence-corrected chi connectivity index (χ1v) is 13.2. The van der Waals surface area contributed by atoms with Crippen LogP contribution in [0.3, 0.4) is 0 Å². The zero-order valence-electron chi connectivity index (χ0n) is 22.2. The first-order chi connectivity index (χ1) is 19.5. The second-order valence-electron chi connectivity index (χ2n) is 9.63. The van der Waals surface area contributed by atoms with Crippen LogP contribution in [0.4, 0.5) is 16.3 Å². The summed E-state index contributed by atoms with van der Waals surface area (Å²) in [6, 6.07) is 17.3. The molecular weight excluding hydrogens is 546 g/mol. The standard InChI is InChI=1S/C28H25N7O5S/c1-28(2,16-9-5-4-6-10-16)32-24(37)20-15-18-21(33-35(27(39)40)26(18)41-20)31-23(36)17-11-7-8-12-19(17)30-25(38)22-29-13-14-34(22)3/h4-15H,1-3H3,(H,30,38)(H,32,37)(H,39,40)(H,31,33,36). The third-order valence-electron chi connectivity index (χ3n) is 6.36. The van der Waals surface area contributed by atoms with Crippen LogP contribution >= 0.6 is 11.3 Å². The normalized spacial score (nSPS) is 11.3. The van der Waals surface area contributed by atoms with Crippen molar-refractivity contribution >= 4 is 56.9 Å². The molecule has 208 valence electrons. The number of anilines is 2. The predicted octanol–water partition coefficient (Wildman–Crippen LogP) is 4.53. The number of amides is 3. The van der Waals surface area contributed by atoms with Crippen LogP contribution < -0.4 is 16.0 Å². The van der Waals surface area contributed by atoms with E-state index in [4.69, 9.17) is 0 Å². The largest absolute Gasteiger partial charge is 0.463 e. The Hall–Kier alpha value is -5.30. The van der Waals surface area contributed by atoms with Crippen molar-refractivity contribution in [2.24, 2.45) is 7.05 Å². The van der Waals surface area contributed by atoms with Crippen molar-refractivity contribution in [3.05, 3.63) is 94.9 Å². The first kappa shape index (κ1) is 27.3. The summed E-state index contributed by atoms with van der Waals surface area (Å²) in [5.74, 6) is -1.45. The summed E-state index contributed by atoms with van der Waals surface area (Å²) in [7, 11) is 1.67. The van der Waals surface area contributed by atoms with E-state index >= 15 is 0 Å². The van der Waals surface area contributed by atoms with E-state index in [1.54, 1.807) is 36.0 Å². The molecule has 12 nitrogen and oxygen atoms in total. The van der Waals surface area contributed by atoms with Gasteiger partial charge in [-0.2, -0.15) is 4.68 Å². The molecule has 0 atom stereocenters. The molecule has 0 radical (unpaired) electrons. The minimum atomic E-state index is -1.38. The molecule has 0 spiro atoms. The van der Waals surface area contributed by atoms with E-state index in [2.05, 4.69) is 26.0 Å². The van der Waals surface area contributed by atoms with Crippen molar-refractivity contribution in [1.82, 2.24) is 24.6 Å². The van der Waals surface area contributed by atoms with Gasteiger partial charge in [-0.25, -0.2) is 9.78 Å². The highest BCUT2D eigenvalue weighted by Crippen LogP contribution is 2.33. The molecular formula is C28H25N7O5S. The minimum absolute atomic E-state index is 0.0461. The number of hydrogen-bond donors (Lipinski definition) is 4. The third-order valence-corrected chi connectivity index (χ3v) is 7.47. The molecule has 0 aliphatic heterocycles. The van der Waals surface area contributed by atoms with Crippen LogP contribution in [0.1, 0.15) is 50.1 Å². The van der Waals surface area contributed by atoms with Crippen molar-refractivity contribution in [2.75, 3.05) is 10.6 Å². The van der Waals surface area contributed by atoms with Gasteiger partial charge in [0.2, 0.25) is 0 Å². The Morgan fingerprint density at radius 2 is 1.63 bits per heavy atom. The number of thiophene rings is 1. The number of imidazole rings is 1. The summed E-state index contributed by atoms with van der Waals surface area (Å²) in [5, 5.41) is 22.3. The number of nitrogens with zero attached hydrogens (tertiary/aromatic N) is 4. The van der Waals surface area contributed by atoms with Crippen LogP contribution in [0.25, 0.3) is 10.2 Å². The summed E-state index contributed by atoms with van der Waals surface area (Å²) in [4.78, 5) is 55.6. The van der Waals surface area contributed by atoms with Crippen LogP contribution in [-0.2, 0) is 12.6 Å². The van der Waals surface area contributed by atoms with Gasteiger partial charge in [-0.3, -0.25) is 14.4 Å². The Kier molecular flexibility index (Phi) is 7.11. The van der Waals surface area contributed by atoms with Crippen LogP contribution in [0.2, 0.25) is 0 Å². The smallest absolute Gasteiger partial charge is 0.433 e. The predicted molar refractivity (Wildman–Crippen MR) is 154 cm³/mol. The van der Waals surface area contributed by atoms with E-state index in [9.17, 15) is 24.3 Å². The number of rotatable bonds is 7. The summed E-state index contributed by atoms with van der Waals surface area (Å²) in [6.45, 7) is 3.73. The molecule has 41 heavy (non-hydrogen) atoms. The Morgan fingerprint density at radius 3 is 2.32 bits per heavy atom. The Balaban J connectivity index is 1.42. The zero-order valence-corrected chi connectivity index (χ0v) is 23.0. The van der Waals surface area contributed by atoms with Crippen molar-refractivity contribution in [1.29, 1.82) is 0 Å². The lowest BCUT2D eigenvalue weighted by atomic mass is 9.94. The molecule has 0 aliphatic carbocycles. The third kappa shape index (κ3) is 5.43. The maximum Gasteiger partial charge on any atom is 0.433 e. The Morgan fingerprint density at radius 1 is 0.927 bits per heavy atom. The monoisotopic (exact) mass is 571 g/mol. The quantitative estimate of drug-likeness (QED) is 0.223. The Bertz CT molecular complexity index is 1800. The van der Waals surface area contributed by atoms with Gasteiger partial charge in [-0.15, -0.1) is 16.4 Å². The molecule has 0 aliphatic rings. The molecule has 0 fully saturated rings. The molecule has 3 heterocycles. The zero-order chi connectivity index (χ0) is 29.3.